The third-order valence-electron chi connectivity index (χ3n) is 4.30. The molecule has 2 atom stereocenters. The van der Waals surface area contributed by atoms with Crippen LogP contribution in [0.5, 0.6) is 0 Å². The Morgan fingerprint density at radius 1 is 1.16 bits per heavy atom. The quantitative estimate of drug-likeness (QED) is 0.886. The number of hydrogen-bond donors (Lipinski definition) is 1. The molecule has 2 aromatic rings. The summed E-state index contributed by atoms with van der Waals surface area (Å²) in [7, 11) is 1.99. The Labute approximate surface area is 115 Å². The molecule has 0 spiro atoms. The van der Waals surface area contributed by atoms with Crippen LogP contribution in [0.4, 0.5) is 5.69 Å². The predicted molar refractivity (Wildman–Crippen MR) is 80.3 cm³/mol. The lowest BCUT2D eigenvalue weighted by Crippen LogP contribution is -2.30. The van der Waals surface area contributed by atoms with Crippen LogP contribution in [0.15, 0.2) is 24.4 Å². The van der Waals surface area contributed by atoms with Gasteiger partial charge >= 0.3 is 0 Å². The lowest BCUT2D eigenvalue weighted by Gasteiger charge is -2.32. The Balaban J connectivity index is 1.77. The zero-order chi connectivity index (χ0) is 13.4. The Morgan fingerprint density at radius 3 is 2.63 bits per heavy atom. The van der Waals surface area contributed by atoms with Crippen LogP contribution >= 0.6 is 0 Å². The lowest BCUT2D eigenvalue weighted by atomic mass is 9.80. The Hall–Kier alpha value is -1.51. The van der Waals surface area contributed by atoms with E-state index in [1.54, 1.807) is 0 Å². The molecule has 0 saturated heterocycles. The van der Waals surface area contributed by atoms with Crippen molar-refractivity contribution in [3.05, 3.63) is 24.4 Å². The molecule has 1 aromatic heterocycles. The summed E-state index contributed by atoms with van der Waals surface area (Å²) in [4.78, 5) is 0. The van der Waals surface area contributed by atoms with Gasteiger partial charge in [0.05, 0.1) is 11.7 Å². The van der Waals surface area contributed by atoms with Crippen LogP contribution in [0, 0.1) is 11.8 Å². The minimum atomic E-state index is 0.618. The molecular formula is C16H23N3. The lowest BCUT2D eigenvalue weighted by molar-refractivity contribution is 0.281. The smallest absolute Gasteiger partial charge is 0.0680 e. The van der Waals surface area contributed by atoms with Crippen LogP contribution < -0.4 is 5.32 Å². The van der Waals surface area contributed by atoms with Crippen molar-refractivity contribution in [3.63, 3.8) is 0 Å². The van der Waals surface area contributed by atoms with E-state index in [9.17, 15) is 0 Å². The summed E-state index contributed by atoms with van der Waals surface area (Å²) in [5, 5.41) is 9.22. The van der Waals surface area contributed by atoms with Gasteiger partial charge in [0.25, 0.3) is 0 Å². The number of nitrogens with one attached hydrogen (secondary N) is 1. The monoisotopic (exact) mass is 257 g/mol. The molecule has 3 heteroatoms. The van der Waals surface area contributed by atoms with Crippen LogP contribution in [0.1, 0.15) is 33.1 Å². The van der Waals surface area contributed by atoms with Crippen molar-refractivity contribution in [2.24, 2.45) is 18.9 Å². The average Bonchev–Trinajstić information content (AvgIpc) is 2.69. The highest BCUT2D eigenvalue weighted by Gasteiger charge is 2.23. The number of hydrogen-bond acceptors (Lipinski definition) is 2. The predicted octanol–water partition coefficient (Wildman–Crippen LogP) is 3.81. The summed E-state index contributed by atoms with van der Waals surface area (Å²) < 4.78 is 1.92. The largest absolute Gasteiger partial charge is 0.382 e. The zero-order valence-corrected chi connectivity index (χ0v) is 12.1. The normalized spacial score (nSPS) is 27.6. The molecule has 3 nitrogen and oxygen atoms in total. The SMILES string of the molecule is CC1CC(C)CC(Nc2ccc3c(cnn3C)c2)C1. The van der Waals surface area contributed by atoms with Crippen molar-refractivity contribution in [3.8, 4) is 0 Å². The van der Waals surface area contributed by atoms with Crippen molar-refractivity contribution in [2.45, 2.75) is 39.2 Å². The zero-order valence-electron chi connectivity index (χ0n) is 12.1. The molecule has 1 saturated carbocycles. The van der Waals surface area contributed by atoms with Crippen molar-refractivity contribution < 1.29 is 0 Å². The Morgan fingerprint density at radius 2 is 1.89 bits per heavy atom. The molecule has 1 aliphatic rings. The maximum Gasteiger partial charge on any atom is 0.0680 e. The number of nitrogens with zero attached hydrogens (tertiary/aromatic N) is 2. The molecule has 102 valence electrons. The maximum atomic E-state index is 4.30. The van der Waals surface area contributed by atoms with Gasteiger partial charge in [0.2, 0.25) is 0 Å². The summed E-state index contributed by atoms with van der Waals surface area (Å²) in [6.07, 6.45) is 5.89. The summed E-state index contributed by atoms with van der Waals surface area (Å²) in [6.45, 7) is 4.74. The minimum absolute atomic E-state index is 0.618. The molecule has 0 bridgehead atoms. The number of anilines is 1. The van der Waals surface area contributed by atoms with E-state index in [1.807, 2.05) is 17.9 Å². The van der Waals surface area contributed by atoms with Gasteiger partial charge in [0.15, 0.2) is 0 Å². The summed E-state index contributed by atoms with van der Waals surface area (Å²) in [5.41, 5.74) is 2.42. The van der Waals surface area contributed by atoms with E-state index in [0.717, 1.165) is 11.8 Å². The van der Waals surface area contributed by atoms with E-state index < -0.39 is 0 Å². The van der Waals surface area contributed by atoms with Gasteiger partial charge in [-0.1, -0.05) is 13.8 Å². The molecule has 3 rings (SSSR count). The van der Waals surface area contributed by atoms with Crippen molar-refractivity contribution in [2.75, 3.05) is 5.32 Å². The second-order valence-corrected chi connectivity index (χ2v) is 6.30. The summed E-state index contributed by atoms with van der Waals surface area (Å²) in [6, 6.07) is 7.16. The molecule has 1 aliphatic carbocycles. The number of aromatic nitrogens is 2. The Kier molecular flexibility index (Phi) is 3.21. The van der Waals surface area contributed by atoms with Gasteiger partial charge in [0.1, 0.15) is 0 Å². The van der Waals surface area contributed by atoms with Gasteiger partial charge in [-0.25, -0.2) is 0 Å². The van der Waals surface area contributed by atoms with E-state index in [1.165, 1.54) is 35.9 Å². The molecule has 0 aliphatic heterocycles. The van der Waals surface area contributed by atoms with Gasteiger partial charge in [-0.05, 0) is 49.3 Å². The molecule has 0 radical (unpaired) electrons. The van der Waals surface area contributed by atoms with E-state index in [2.05, 4.69) is 42.5 Å². The van der Waals surface area contributed by atoms with Crippen LogP contribution in [0.3, 0.4) is 0 Å². The number of fused-ring (bicyclic) bond motifs is 1. The van der Waals surface area contributed by atoms with Gasteiger partial charge in [0, 0.05) is 24.2 Å². The highest BCUT2D eigenvalue weighted by molar-refractivity contribution is 5.82. The van der Waals surface area contributed by atoms with E-state index in [4.69, 9.17) is 0 Å². The Bertz CT molecular complexity index is 562. The fraction of sp³-hybridized carbons (Fsp3) is 0.562. The van der Waals surface area contributed by atoms with Crippen molar-refractivity contribution in [1.82, 2.24) is 9.78 Å². The molecule has 1 N–H and O–H groups in total. The molecule has 2 unspecified atom stereocenters. The summed E-state index contributed by atoms with van der Waals surface area (Å²) >= 11 is 0. The second-order valence-electron chi connectivity index (χ2n) is 6.30. The van der Waals surface area contributed by atoms with Crippen molar-refractivity contribution >= 4 is 16.6 Å². The first kappa shape index (κ1) is 12.5. The van der Waals surface area contributed by atoms with Crippen LogP contribution in [-0.4, -0.2) is 15.8 Å². The van der Waals surface area contributed by atoms with Gasteiger partial charge in [-0.2, -0.15) is 5.10 Å². The molecular weight excluding hydrogens is 234 g/mol. The topological polar surface area (TPSA) is 29.9 Å². The number of aryl methyl sites for hydroxylation is 1. The van der Waals surface area contributed by atoms with Crippen LogP contribution in [0.25, 0.3) is 10.9 Å². The van der Waals surface area contributed by atoms with Crippen LogP contribution in [-0.2, 0) is 7.05 Å². The van der Waals surface area contributed by atoms with Crippen molar-refractivity contribution in [1.29, 1.82) is 0 Å². The first-order valence-electron chi connectivity index (χ1n) is 7.30. The molecule has 0 amide bonds. The molecule has 19 heavy (non-hydrogen) atoms. The third-order valence-corrected chi connectivity index (χ3v) is 4.30. The first-order chi connectivity index (χ1) is 9.11. The highest BCUT2D eigenvalue weighted by Crippen LogP contribution is 2.31. The highest BCUT2D eigenvalue weighted by atomic mass is 15.2. The maximum absolute atomic E-state index is 4.30. The summed E-state index contributed by atoms with van der Waals surface area (Å²) in [5.74, 6) is 1.67. The van der Waals surface area contributed by atoms with E-state index >= 15 is 0 Å². The number of benzene rings is 1. The fourth-order valence-corrected chi connectivity index (χ4v) is 3.55. The standard InChI is InChI=1S/C16H23N3/c1-11-6-12(2)8-15(7-11)18-14-4-5-16-13(9-14)10-17-19(16)3/h4-5,9-12,15,18H,6-8H2,1-3H3. The molecule has 1 fully saturated rings. The minimum Gasteiger partial charge on any atom is -0.382 e. The van der Waals surface area contributed by atoms with Gasteiger partial charge in [-0.15, -0.1) is 0 Å². The van der Waals surface area contributed by atoms with E-state index in [0.29, 0.717) is 6.04 Å². The average molecular weight is 257 g/mol. The van der Waals surface area contributed by atoms with Gasteiger partial charge < -0.3 is 5.32 Å². The van der Waals surface area contributed by atoms with Crippen LogP contribution in [0.2, 0.25) is 0 Å². The third kappa shape index (κ3) is 2.60. The second kappa shape index (κ2) is 4.87. The first-order valence-corrected chi connectivity index (χ1v) is 7.30. The molecule has 1 aromatic carbocycles. The fourth-order valence-electron chi connectivity index (χ4n) is 3.55. The molecule has 1 heterocycles. The van der Waals surface area contributed by atoms with E-state index in [-0.39, 0.29) is 0 Å². The van der Waals surface area contributed by atoms with Gasteiger partial charge in [-0.3, -0.25) is 4.68 Å². The number of rotatable bonds is 2.